The van der Waals surface area contributed by atoms with E-state index < -0.39 is 23.6 Å². The van der Waals surface area contributed by atoms with Crippen LogP contribution in [0.5, 0.6) is 0 Å². The van der Waals surface area contributed by atoms with Gasteiger partial charge < -0.3 is 24.9 Å². The quantitative estimate of drug-likeness (QED) is 0.672. The lowest BCUT2D eigenvalue weighted by molar-refractivity contribution is -0.144. The van der Waals surface area contributed by atoms with Crippen molar-refractivity contribution in [1.29, 1.82) is 0 Å². The van der Waals surface area contributed by atoms with Gasteiger partial charge in [-0.1, -0.05) is 63.6 Å². The zero-order chi connectivity index (χ0) is 27.3. The number of aromatic nitrogens is 3. The third kappa shape index (κ3) is 8.10. The molecule has 35 heavy (non-hydrogen) atoms. The Labute approximate surface area is 207 Å². The molecule has 1 aliphatic rings. The van der Waals surface area contributed by atoms with Crippen LogP contribution >= 0.6 is 0 Å². The number of carbonyl (C=O) groups is 4. The highest BCUT2D eigenvalue weighted by Gasteiger charge is 2.45. The maximum Gasteiger partial charge on any atom is 0.248 e. The zero-order valence-corrected chi connectivity index (χ0v) is 21.8. The number of carbonyl (C=O) groups excluding carboxylic acids is 4. The summed E-state index contributed by atoms with van der Waals surface area (Å²) in [5, 5.41) is 21.2. The fraction of sp³-hybridized carbons (Fsp3) is 0.520. The number of nitrogens with zero attached hydrogens (tertiary/aromatic N) is 4. The van der Waals surface area contributed by atoms with E-state index >= 15 is 0 Å². The number of rotatable bonds is 4. The molecule has 10 nitrogen and oxygen atoms in total. The van der Waals surface area contributed by atoms with Gasteiger partial charge in [-0.2, -0.15) is 0 Å². The maximum atomic E-state index is 13.5. The summed E-state index contributed by atoms with van der Waals surface area (Å²) in [4.78, 5) is 43.2. The number of likely N-dealkylation sites (tertiary alicyclic amines) is 1. The highest BCUT2D eigenvalue weighted by Crippen LogP contribution is 2.35. The van der Waals surface area contributed by atoms with Gasteiger partial charge in [0.25, 0.3) is 0 Å². The van der Waals surface area contributed by atoms with Gasteiger partial charge in [0.2, 0.25) is 11.8 Å². The van der Waals surface area contributed by atoms with Crippen LogP contribution in [0.15, 0.2) is 30.5 Å². The monoisotopic (exact) mass is 489 g/mol. The number of hydrogen-bond donors (Lipinski definition) is 2. The lowest BCUT2D eigenvalue weighted by Crippen LogP contribution is -2.49. The highest BCUT2D eigenvalue weighted by molar-refractivity contribution is 5.90. The molecule has 0 radical (unpaired) electrons. The molecule has 2 amide bonds. The van der Waals surface area contributed by atoms with Crippen LogP contribution in [0.1, 0.15) is 52.6 Å². The van der Waals surface area contributed by atoms with Gasteiger partial charge in [-0.15, -0.1) is 5.10 Å². The third-order valence-electron chi connectivity index (χ3n) is 5.25. The smallest absolute Gasteiger partial charge is 0.248 e. The van der Waals surface area contributed by atoms with Crippen LogP contribution < -0.4 is 5.32 Å². The maximum absolute atomic E-state index is 13.5. The van der Waals surface area contributed by atoms with Gasteiger partial charge in [0.05, 0.1) is 12.3 Å². The molecule has 3 rings (SSSR count). The van der Waals surface area contributed by atoms with Gasteiger partial charge in [-0.05, 0) is 18.4 Å². The van der Waals surface area contributed by atoms with Crippen molar-refractivity contribution in [1.82, 2.24) is 25.2 Å². The predicted octanol–water partition coefficient (Wildman–Crippen LogP) is 2.20. The van der Waals surface area contributed by atoms with E-state index in [0.29, 0.717) is 5.69 Å². The van der Waals surface area contributed by atoms with Crippen molar-refractivity contribution >= 4 is 25.4 Å². The van der Waals surface area contributed by atoms with E-state index in [1.54, 1.807) is 10.9 Å². The van der Waals surface area contributed by atoms with E-state index in [9.17, 15) is 14.7 Å². The Bertz CT molecular complexity index is 938. The summed E-state index contributed by atoms with van der Waals surface area (Å²) in [6.45, 7) is 16.0. The molecule has 2 heterocycles. The summed E-state index contributed by atoms with van der Waals surface area (Å²) in [7, 11) is 1.53. The Hall–Kier alpha value is -3.40. The van der Waals surface area contributed by atoms with Crippen molar-refractivity contribution in [2.24, 2.45) is 5.41 Å². The van der Waals surface area contributed by atoms with Crippen LogP contribution in [0.3, 0.4) is 0 Å². The fourth-order valence-corrected chi connectivity index (χ4v) is 3.85. The standard InChI is InChI=1S/C21H29N5O3.C2H6.2CH2O/c1-13-7-6-8-14(9-13)16-12-26(24-23-16)18(21(2,3)4)20(29)25-11-15(27)10-17(25)19(28)22-5;3*1-2/h6-9,12,15,17-18,27H,10-11H2,1-5H3,(H,22,28);1-2H3;2*1H2/t15-,17+,18-;;;/m1.../s1. The molecule has 0 unspecified atom stereocenters. The van der Waals surface area contributed by atoms with Crippen LogP contribution in [0.25, 0.3) is 11.3 Å². The van der Waals surface area contributed by atoms with Gasteiger partial charge in [-0.3, -0.25) is 9.59 Å². The van der Waals surface area contributed by atoms with E-state index in [1.807, 2.05) is 79.4 Å². The minimum absolute atomic E-state index is 0.128. The third-order valence-corrected chi connectivity index (χ3v) is 5.25. The number of nitrogens with one attached hydrogen (secondary N) is 1. The van der Waals surface area contributed by atoms with E-state index in [1.165, 1.54) is 11.9 Å². The molecule has 1 fully saturated rings. The zero-order valence-electron chi connectivity index (χ0n) is 21.8. The van der Waals surface area contributed by atoms with Gasteiger partial charge in [0.15, 0.2) is 0 Å². The first kappa shape index (κ1) is 31.6. The second-order valence-corrected chi connectivity index (χ2v) is 8.73. The average Bonchev–Trinajstić information content (AvgIpc) is 3.49. The molecule has 0 bridgehead atoms. The summed E-state index contributed by atoms with van der Waals surface area (Å²) < 4.78 is 1.58. The molecule has 1 aliphatic heterocycles. The molecular weight excluding hydrogens is 450 g/mol. The summed E-state index contributed by atoms with van der Waals surface area (Å²) in [5.74, 6) is -0.523. The number of β-amino-alcohol motifs (C(OH)–C–C–N with tert-alkyl or cyclic N) is 1. The van der Waals surface area contributed by atoms with Crippen LogP contribution in [-0.4, -0.2) is 76.1 Å². The summed E-state index contributed by atoms with van der Waals surface area (Å²) >= 11 is 0. The van der Waals surface area contributed by atoms with Crippen molar-refractivity contribution in [2.75, 3.05) is 13.6 Å². The largest absolute Gasteiger partial charge is 0.391 e. The molecule has 1 aromatic heterocycles. The van der Waals surface area contributed by atoms with Crippen molar-refractivity contribution in [3.8, 4) is 11.3 Å². The molecular formula is C25H39N5O5. The lowest BCUT2D eigenvalue weighted by atomic mass is 9.85. The van der Waals surface area contributed by atoms with E-state index in [4.69, 9.17) is 9.59 Å². The molecule has 1 saturated heterocycles. The molecule has 0 aliphatic carbocycles. The van der Waals surface area contributed by atoms with Crippen LogP contribution in [0, 0.1) is 12.3 Å². The van der Waals surface area contributed by atoms with E-state index in [-0.39, 0.29) is 24.8 Å². The van der Waals surface area contributed by atoms with Crippen molar-refractivity contribution in [3.05, 3.63) is 36.0 Å². The van der Waals surface area contributed by atoms with Gasteiger partial charge in [0.1, 0.15) is 31.4 Å². The molecule has 2 N–H and O–H groups in total. The summed E-state index contributed by atoms with van der Waals surface area (Å²) in [6, 6.07) is 6.58. The average molecular weight is 490 g/mol. The van der Waals surface area contributed by atoms with Crippen molar-refractivity contribution in [2.45, 2.75) is 66.2 Å². The Morgan fingerprint density at radius 3 is 2.29 bits per heavy atom. The minimum Gasteiger partial charge on any atom is -0.391 e. The molecule has 3 atom stereocenters. The summed E-state index contributed by atoms with van der Waals surface area (Å²) in [5.41, 5.74) is 2.24. The first-order valence-corrected chi connectivity index (χ1v) is 11.4. The van der Waals surface area contributed by atoms with E-state index in [0.717, 1.165) is 11.1 Å². The Morgan fingerprint density at radius 1 is 1.17 bits per heavy atom. The minimum atomic E-state index is -0.722. The highest BCUT2D eigenvalue weighted by atomic mass is 16.3. The molecule has 194 valence electrons. The first-order chi connectivity index (χ1) is 16.6. The Morgan fingerprint density at radius 2 is 1.77 bits per heavy atom. The SMILES string of the molecule is C=O.C=O.CC.CNC(=O)[C@@H]1C[C@@H](O)CN1C(=O)[C@@H](n1cc(-c2cccc(C)c2)nn1)C(C)(C)C. The number of hydrogen-bond acceptors (Lipinski definition) is 7. The first-order valence-electron chi connectivity index (χ1n) is 11.4. The van der Waals surface area contributed by atoms with Gasteiger partial charge in [0, 0.05) is 25.6 Å². The van der Waals surface area contributed by atoms with Gasteiger partial charge in [-0.25, -0.2) is 4.68 Å². The van der Waals surface area contributed by atoms with Crippen LogP contribution in [-0.2, 0) is 19.2 Å². The lowest BCUT2D eigenvalue weighted by Gasteiger charge is -2.34. The molecule has 0 saturated carbocycles. The topological polar surface area (TPSA) is 134 Å². The second kappa shape index (κ2) is 14.8. The van der Waals surface area contributed by atoms with Crippen molar-refractivity contribution in [3.63, 3.8) is 0 Å². The number of benzene rings is 1. The number of amides is 2. The van der Waals surface area contributed by atoms with Gasteiger partial charge >= 0.3 is 0 Å². The number of aliphatic hydroxyl groups excluding tert-OH is 1. The summed E-state index contributed by atoms with van der Waals surface area (Å²) in [6.07, 6.45) is 1.28. The fourth-order valence-electron chi connectivity index (χ4n) is 3.85. The number of aryl methyl sites for hydroxylation is 1. The number of aliphatic hydroxyl groups is 1. The number of likely N-dealkylation sites (N-methyl/N-ethyl adjacent to an activating group) is 1. The van der Waals surface area contributed by atoms with Crippen molar-refractivity contribution < 1.29 is 24.3 Å². The predicted molar refractivity (Wildman–Crippen MR) is 134 cm³/mol. The van der Waals surface area contributed by atoms with Crippen LogP contribution in [0.4, 0.5) is 0 Å². The Balaban J connectivity index is 0.00000179. The van der Waals surface area contributed by atoms with E-state index in [2.05, 4.69) is 15.6 Å². The molecule has 2 aromatic rings. The van der Waals surface area contributed by atoms with Crippen LogP contribution in [0.2, 0.25) is 0 Å². The molecule has 0 spiro atoms. The Kier molecular flexibility index (Phi) is 13.3. The second-order valence-electron chi connectivity index (χ2n) is 8.73. The molecule has 1 aromatic carbocycles. The normalized spacial score (nSPS) is 17.4. The molecule has 10 heteroatoms.